The zero-order chi connectivity index (χ0) is 15.5. The van der Waals surface area contributed by atoms with E-state index in [2.05, 4.69) is 20.7 Å². The van der Waals surface area contributed by atoms with Gasteiger partial charge in [0.25, 0.3) is 5.91 Å². The summed E-state index contributed by atoms with van der Waals surface area (Å²) in [6.07, 6.45) is 2.00. The smallest absolute Gasteiger partial charge is 0.322 e. The van der Waals surface area contributed by atoms with E-state index in [9.17, 15) is 4.79 Å². The Morgan fingerprint density at radius 2 is 2.00 bits per heavy atom. The molecule has 0 radical (unpaired) electrons. The van der Waals surface area contributed by atoms with E-state index in [0.29, 0.717) is 11.6 Å². The number of rotatable bonds is 4. The maximum Gasteiger partial charge on any atom is 0.322 e. The number of aromatic nitrogens is 3. The van der Waals surface area contributed by atoms with Gasteiger partial charge in [-0.2, -0.15) is 0 Å². The number of carbonyl (C=O) groups is 1. The van der Waals surface area contributed by atoms with Crippen LogP contribution in [-0.4, -0.2) is 27.5 Å². The fourth-order valence-corrected chi connectivity index (χ4v) is 2.16. The van der Waals surface area contributed by atoms with Crippen molar-refractivity contribution in [3.05, 3.63) is 41.8 Å². The van der Waals surface area contributed by atoms with Crippen LogP contribution in [0.5, 0.6) is 0 Å². The molecule has 3 rings (SSSR count). The minimum Gasteiger partial charge on any atom is -0.403 e. The number of nitrogens with zero attached hydrogens (tertiary/aromatic N) is 3. The minimum absolute atomic E-state index is 0.00277. The Kier molecular flexibility index (Phi) is 3.92. The van der Waals surface area contributed by atoms with Crippen molar-refractivity contribution in [2.45, 2.75) is 11.8 Å². The summed E-state index contributed by atoms with van der Waals surface area (Å²) >= 11 is 1.65. The van der Waals surface area contributed by atoms with Crippen molar-refractivity contribution in [2.24, 2.45) is 0 Å². The lowest BCUT2D eigenvalue weighted by atomic mass is 10.2. The van der Waals surface area contributed by atoms with Gasteiger partial charge in [-0.15, -0.1) is 16.9 Å². The molecule has 0 spiro atoms. The topological polar surface area (TPSA) is 94.1 Å². The monoisotopic (exact) mass is 316 g/mol. The van der Waals surface area contributed by atoms with Crippen molar-refractivity contribution < 1.29 is 13.7 Å². The number of hydrogen-bond donors (Lipinski definition) is 1. The van der Waals surface area contributed by atoms with Gasteiger partial charge in [-0.05, 0) is 37.4 Å². The van der Waals surface area contributed by atoms with Crippen molar-refractivity contribution in [1.29, 1.82) is 0 Å². The van der Waals surface area contributed by atoms with Crippen LogP contribution >= 0.6 is 11.8 Å². The molecule has 0 bridgehead atoms. The van der Waals surface area contributed by atoms with Crippen molar-refractivity contribution >= 4 is 23.7 Å². The van der Waals surface area contributed by atoms with Crippen LogP contribution in [0.4, 0.5) is 6.01 Å². The average molecular weight is 316 g/mol. The Balaban J connectivity index is 1.74. The van der Waals surface area contributed by atoms with Crippen LogP contribution in [-0.2, 0) is 0 Å². The third kappa shape index (κ3) is 3.01. The van der Waals surface area contributed by atoms with Gasteiger partial charge < -0.3 is 8.94 Å². The maximum atomic E-state index is 11.9. The molecule has 2 heterocycles. The molecule has 22 heavy (non-hydrogen) atoms. The molecule has 0 saturated carbocycles. The Bertz CT molecular complexity index is 795. The second kappa shape index (κ2) is 6.02. The predicted octanol–water partition coefficient (Wildman–Crippen LogP) is 3.01. The summed E-state index contributed by atoms with van der Waals surface area (Å²) < 4.78 is 10.3. The van der Waals surface area contributed by atoms with E-state index >= 15 is 0 Å². The molecule has 1 aromatic carbocycles. The van der Waals surface area contributed by atoms with Crippen LogP contribution in [0.1, 0.15) is 16.2 Å². The van der Waals surface area contributed by atoms with Crippen LogP contribution in [0, 0.1) is 6.92 Å². The molecule has 0 aliphatic carbocycles. The second-order valence-electron chi connectivity index (χ2n) is 4.43. The van der Waals surface area contributed by atoms with Crippen LogP contribution in [0.15, 0.2) is 44.2 Å². The lowest BCUT2D eigenvalue weighted by Gasteiger charge is -1.97. The fourth-order valence-electron chi connectivity index (χ4n) is 1.75. The highest BCUT2D eigenvalue weighted by molar-refractivity contribution is 7.98. The van der Waals surface area contributed by atoms with Crippen molar-refractivity contribution in [2.75, 3.05) is 11.6 Å². The lowest BCUT2D eigenvalue weighted by molar-refractivity contribution is 0.0985. The molecule has 0 fully saturated rings. The average Bonchev–Trinajstić information content (AvgIpc) is 3.16. The molecule has 8 heteroatoms. The van der Waals surface area contributed by atoms with Crippen LogP contribution in [0.3, 0.4) is 0 Å². The summed E-state index contributed by atoms with van der Waals surface area (Å²) in [5.41, 5.74) is 1.39. The molecule has 0 saturated heterocycles. The molecule has 3 aromatic rings. The SMILES string of the molecule is CSc1ccc(-c2nnc(NC(=O)c3cc(C)no3)o2)cc1. The molecule has 112 valence electrons. The Morgan fingerprint density at radius 3 is 2.64 bits per heavy atom. The van der Waals surface area contributed by atoms with Gasteiger partial charge in [0, 0.05) is 16.5 Å². The summed E-state index contributed by atoms with van der Waals surface area (Å²) in [7, 11) is 0. The minimum atomic E-state index is -0.492. The van der Waals surface area contributed by atoms with Gasteiger partial charge in [0.05, 0.1) is 5.69 Å². The molecular weight excluding hydrogens is 304 g/mol. The summed E-state index contributed by atoms with van der Waals surface area (Å²) in [4.78, 5) is 13.0. The van der Waals surface area contributed by atoms with Crippen LogP contribution < -0.4 is 5.32 Å². The summed E-state index contributed by atoms with van der Waals surface area (Å²) in [5, 5.41) is 13.8. The summed E-state index contributed by atoms with van der Waals surface area (Å²) in [5.74, 6) is -0.0770. The van der Waals surface area contributed by atoms with E-state index in [-0.39, 0.29) is 11.8 Å². The van der Waals surface area contributed by atoms with E-state index < -0.39 is 5.91 Å². The molecule has 0 unspecified atom stereocenters. The number of benzene rings is 1. The zero-order valence-electron chi connectivity index (χ0n) is 11.9. The van der Waals surface area contributed by atoms with Crippen molar-refractivity contribution in [3.63, 3.8) is 0 Å². The molecule has 2 aromatic heterocycles. The number of carbonyl (C=O) groups excluding carboxylic acids is 1. The Morgan fingerprint density at radius 1 is 1.23 bits per heavy atom. The third-order valence-electron chi connectivity index (χ3n) is 2.83. The largest absolute Gasteiger partial charge is 0.403 e. The normalized spacial score (nSPS) is 10.6. The first kappa shape index (κ1) is 14.3. The standard InChI is InChI=1S/C14H12N4O3S/c1-8-7-11(21-18-8)12(19)15-14-17-16-13(20-14)9-3-5-10(22-2)6-4-9/h3-7H,1-2H3,(H,15,17,19). The van der Waals surface area contributed by atoms with E-state index in [1.807, 2.05) is 30.5 Å². The highest BCUT2D eigenvalue weighted by Crippen LogP contribution is 2.23. The Hall–Kier alpha value is -2.61. The molecule has 0 aliphatic heterocycles. The van der Waals surface area contributed by atoms with Crippen molar-refractivity contribution in [1.82, 2.24) is 15.4 Å². The van der Waals surface area contributed by atoms with Gasteiger partial charge in [0.2, 0.25) is 11.7 Å². The lowest BCUT2D eigenvalue weighted by Crippen LogP contribution is -2.11. The van der Waals surface area contributed by atoms with E-state index in [1.165, 1.54) is 6.07 Å². The number of amides is 1. The van der Waals surface area contributed by atoms with Crippen LogP contribution in [0.2, 0.25) is 0 Å². The molecular formula is C14H12N4O3S. The number of aryl methyl sites for hydroxylation is 1. The number of nitrogens with one attached hydrogen (secondary N) is 1. The number of hydrogen-bond acceptors (Lipinski definition) is 7. The maximum absolute atomic E-state index is 11.9. The molecule has 7 nitrogen and oxygen atoms in total. The van der Waals surface area contributed by atoms with E-state index in [0.717, 1.165) is 10.5 Å². The first-order chi connectivity index (χ1) is 10.7. The fraction of sp³-hybridized carbons (Fsp3) is 0.143. The molecule has 1 N–H and O–H groups in total. The van der Waals surface area contributed by atoms with Gasteiger partial charge in [-0.25, -0.2) is 0 Å². The number of thioether (sulfide) groups is 1. The Labute approximate surface area is 130 Å². The van der Waals surface area contributed by atoms with Crippen molar-refractivity contribution in [3.8, 4) is 11.5 Å². The van der Waals surface area contributed by atoms with Gasteiger partial charge in [0.15, 0.2) is 0 Å². The molecule has 1 amide bonds. The van der Waals surface area contributed by atoms with Gasteiger partial charge in [-0.1, -0.05) is 10.3 Å². The number of anilines is 1. The van der Waals surface area contributed by atoms with Crippen LogP contribution in [0.25, 0.3) is 11.5 Å². The van der Waals surface area contributed by atoms with Gasteiger partial charge in [-0.3, -0.25) is 10.1 Å². The summed E-state index contributed by atoms with van der Waals surface area (Å²) in [6.45, 7) is 1.73. The molecule has 0 atom stereocenters. The second-order valence-corrected chi connectivity index (χ2v) is 5.31. The first-order valence-corrected chi connectivity index (χ1v) is 7.61. The highest BCUT2D eigenvalue weighted by atomic mass is 32.2. The third-order valence-corrected chi connectivity index (χ3v) is 3.58. The van der Waals surface area contributed by atoms with Gasteiger partial charge in [0.1, 0.15) is 0 Å². The predicted molar refractivity (Wildman–Crippen MR) is 80.7 cm³/mol. The molecule has 0 aliphatic rings. The van der Waals surface area contributed by atoms with E-state index in [1.54, 1.807) is 18.7 Å². The summed E-state index contributed by atoms with van der Waals surface area (Å²) in [6, 6.07) is 9.20. The quantitative estimate of drug-likeness (QED) is 0.739. The van der Waals surface area contributed by atoms with Gasteiger partial charge >= 0.3 is 6.01 Å². The first-order valence-electron chi connectivity index (χ1n) is 6.38. The highest BCUT2D eigenvalue weighted by Gasteiger charge is 2.16. The van der Waals surface area contributed by atoms with E-state index in [4.69, 9.17) is 8.94 Å². The zero-order valence-corrected chi connectivity index (χ0v) is 12.7.